The van der Waals surface area contributed by atoms with E-state index in [9.17, 15) is 23.3 Å². The van der Waals surface area contributed by atoms with E-state index >= 15 is 0 Å². The Bertz CT molecular complexity index is 1120. The topological polar surface area (TPSA) is 111 Å². The molecular formula is C20H20F3N7O3. The van der Waals surface area contributed by atoms with Crippen molar-refractivity contribution in [2.45, 2.75) is 19.1 Å². The minimum atomic E-state index is -4.35. The Hall–Kier alpha value is -3.90. The summed E-state index contributed by atoms with van der Waals surface area (Å²) in [6.07, 6.45) is -0.898. The highest BCUT2D eigenvalue weighted by Crippen LogP contribution is 2.29. The van der Waals surface area contributed by atoms with Crippen LogP contribution in [0.2, 0.25) is 0 Å². The summed E-state index contributed by atoms with van der Waals surface area (Å²) in [6.45, 7) is 2.18. The van der Waals surface area contributed by atoms with Gasteiger partial charge in [-0.2, -0.15) is 18.2 Å². The van der Waals surface area contributed by atoms with Gasteiger partial charge < -0.3 is 25.1 Å². The SMILES string of the molecule is O=[N+]([O-])c1cn2c(n1)OCCN(c1ccnc(NCCc3ccc(C(F)(F)F)cc3)n1)CC2. The van der Waals surface area contributed by atoms with E-state index in [1.54, 1.807) is 16.8 Å². The smallest absolute Gasteiger partial charge is 0.416 e. The van der Waals surface area contributed by atoms with E-state index in [-0.39, 0.29) is 18.4 Å². The van der Waals surface area contributed by atoms with Crippen molar-refractivity contribution in [3.8, 4) is 6.01 Å². The number of nitro groups is 1. The predicted octanol–water partition coefficient (Wildman–Crippen LogP) is 3.15. The fourth-order valence-corrected chi connectivity index (χ4v) is 3.36. The molecule has 1 aromatic carbocycles. The summed E-state index contributed by atoms with van der Waals surface area (Å²) in [4.78, 5) is 24.9. The minimum Gasteiger partial charge on any atom is -0.444 e. The third-order valence-corrected chi connectivity index (χ3v) is 5.06. The molecule has 3 aromatic rings. The van der Waals surface area contributed by atoms with Crippen molar-refractivity contribution >= 4 is 17.6 Å². The van der Waals surface area contributed by atoms with Gasteiger partial charge in [0, 0.05) is 30.8 Å². The molecule has 0 saturated heterocycles. The monoisotopic (exact) mass is 463 g/mol. The predicted molar refractivity (Wildman–Crippen MR) is 112 cm³/mol. The van der Waals surface area contributed by atoms with Crippen molar-refractivity contribution in [1.29, 1.82) is 0 Å². The van der Waals surface area contributed by atoms with Crippen LogP contribution >= 0.6 is 0 Å². The van der Waals surface area contributed by atoms with Crippen molar-refractivity contribution in [2.75, 3.05) is 36.5 Å². The number of fused-ring (bicyclic) bond motifs is 1. The third-order valence-electron chi connectivity index (χ3n) is 5.06. The van der Waals surface area contributed by atoms with Gasteiger partial charge in [0.1, 0.15) is 18.6 Å². The Balaban J connectivity index is 1.35. The highest BCUT2D eigenvalue weighted by Gasteiger charge is 2.29. The molecule has 1 N–H and O–H groups in total. The van der Waals surface area contributed by atoms with E-state index in [2.05, 4.69) is 20.3 Å². The molecule has 33 heavy (non-hydrogen) atoms. The van der Waals surface area contributed by atoms with E-state index in [0.29, 0.717) is 44.4 Å². The van der Waals surface area contributed by atoms with Crippen LogP contribution in [0.3, 0.4) is 0 Å². The molecule has 0 spiro atoms. The van der Waals surface area contributed by atoms with Crippen LogP contribution in [0, 0.1) is 10.1 Å². The van der Waals surface area contributed by atoms with Crippen molar-refractivity contribution in [3.05, 3.63) is 64.0 Å². The average Bonchev–Trinajstić information content (AvgIpc) is 3.16. The van der Waals surface area contributed by atoms with Gasteiger partial charge in [0.25, 0.3) is 0 Å². The fourth-order valence-electron chi connectivity index (χ4n) is 3.36. The Morgan fingerprint density at radius 2 is 1.91 bits per heavy atom. The molecule has 1 aliphatic rings. The Morgan fingerprint density at radius 1 is 1.12 bits per heavy atom. The first-order valence-corrected chi connectivity index (χ1v) is 10.1. The zero-order chi connectivity index (χ0) is 23.4. The van der Waals surface area contributed by atoms with Crippen LogP contribution in [0.25, 0.3) is 0 Å². The van der Waals surface area contributed by atoms with Crippen LogP contribution in [-0.2, 0) is 19.1 Å². The largest absolute Gasteiger partial charge is 0.444 e. The molecule has 10 nitrogen and oxygen atoms in total. The third kappa shape index (κ3) is 5.48. The van der Waals surface area contributed by atoms with Gasteiger partial charge in [-0.1, -0.05) is 12.1 Å². The number of rotatable bonds is 6. The maximum absolute atomic E-state index is 12.7. The summed E-state index contributed by atoms with van der Waals surface area (Å²) in [6, 6.07) is 7.01. The number of aromatic nitrogens is 4. The number of ether oxygens (including phenoxy) is 1. The molecule has 0 fully saturated rings. The molecule has 4 rings (SSSR count). The molecule has 0 radical (unpaired) electrons. The average molecular weight is 463 g/mol. The molecule has 3 heterocycles. The highest BCUT2D eigenvalue weighted by molar-refractivity contribution is 5.43. The molecule has 0 saturated carbocycles. The van der Waals surface area contributed by atoms with Gasteiger partial charge in [0.15, 0.2) is 0 Å². The Labute approximate surface area is 186 Å². The van der Waals surface area contributed by atoms with E-state index < -0.39 is 16.7 Å². The van der Waals surface area contributed by atoms with E-state index in [1.165, 1.54) is 18.3 Å². The first-order chi connectivity index (χ1) is 15.8. The lowest BCUT2D eigenvalue weighted by Gasteiger charge is -2.25. The number of benzene rings is 1. The second-order valence-electron chi connectivity index (χ2n) is 7.28. The maximum Gasteiger partial charge on any atom is 0.416 e. The number of hydrogen-bond donors (Lipinski definition) is 1. The van der Waals surface area contributed by atoms with Gasteiger partial charge in [0.2, 0.25) is 5.95 Å². The zero-order valence-corrected chi connectivity index (χ0v) is 17.3. The molecule has 13 heteroatoms. The van der Waals surface area contributed by atoms with Crippen LogP contribution in [0.1, 0.15) is 11.1 Å². The number of nitrogens with zero attached hydrogens (tertiary/aromatic N) is 6. The first-order valence-electron chi connectivity index (χ1n) is 10.1. The Morgan fingerprint density at radius 3 is 2.64 bits per heavy atom. The second kappa shape index (κ2) is 9.30. The molecule has 0 bridgehead atoms. The van der Waals surface area contributed by atoms with Crippen LogP contribution in [0.15, 0.2) is 42.7 Å². The highest BCUT2D eigenvalue weighted by atomic mass is 19.4. The molecule has 1 aliphatic heterocycles. The lowest BCUT2D eigenvalue weighted by atomic mass is 10.1. The number of anilines is 2. The summed E-state index contributed by atoms with van der Waals surface area (Å²) in [5, 5.41) is 14.0. The van der Waals surface area contributed by atoms with Crippen molar-refractivity contribution < 1.29 is 22.8 Å². The summed E-state index contributed by atoms with van der Waals surface area (Å²) in [5.74, 6) is 0.782. The van der Waals surface area contributed by atoms with E-state index in [0.717, 1.165) is 17.7 Å². The molecule has 0 aliphatic carbocycles. The van der Waals surface area contributed by atoms with Crippen LogP contribution in [0.5, 0.6) is 6.01 Å². The summed E-state index contributed by atoms with van der Waals surface area (Å²) in [7, 11) is 0. The number of imidazole rings is 1. The summed E-state index contributed by atoms with van der Waals surface area (Å²) < 4.78 is 45.2. The minimum absolute atomic E-state index is 0.217. The number of halogens is 3. The summed E-state index contributed by atoms with van der Waals surface area (Å²) >= 11 is 0. The van der Waals surface area contributed by atoms with Gasteiger partial charge in [-0.05, 0) is 35.1 Å². The molecule has 0 atom stereocenters. The van der Waals surface area contributed by atoms with E-state index in [1.807, 2.05) is 4.90 Å². The molecule has 0 unspecified atom stereocenters. The normalized spacial score (nSPS) is 14.1. The first kappa shape index (κ1) is 22.3. The van der Waals surface area contributed by atoms with Crippen LogP contribution in [0.4, 0.5) is 30.8 Å². The molecule has 174 valence electrons. The summed E-state index contributed by atoms with van der Waals surface area (Å²) in [5.41, 5.74) is 0.0858. The Kier molecular flexibility index (Phi) is 6.29. The fraction of sp³-hybridized carbons (Fsp3) is 0.350. The van der Waals surface area contributed by atoms with Gasteiger partial charge in [-0.3, -0.25) is 4.57 Å². The second-order valence-corrected chi connectivity index (χ2v) is 7.28. The van der Waals surface area contributed by atoms with Gasteiger partial charge >= 0.3 is 18.0 Å². The maximum atomic E-state index is 12.7. The van der Waals surface area contributed by atoms with Gasteiger partial charge in [-0.15, -0.1) is 0 Å². The van der Waals surface area contributed by atoms with Crippen LogP contribution in [-0.4, -0.2) is 50.7 Å². The quantitative estimate of drug-likeness (QED) is 0.438. The lowest BCUT2D eigenvalue weighted by molar-refractivity contribution is -0.389. The standard InChI is InChI=1S/C20H20F3N7O3/c21-20(22,23)15-3-1-14(2-4-15)5-7-24-18-25-8-6-16(26-18)28-9-10-29-13-17(30(31)32)27-19(29)33-12-11-28/h1-4,6,8,13H,5,7,9-12H2,(H,24,25,26). The van der Waals surface area contributed by atoms with Crippen molar-refractivity contribution in [3.63, 3.8) is 0 Å². The number of alkyl halides is 3. The number of nitrogens with one attached hydrogen (secondary N) is 1. The van der Waals surface area contributed by atoms with Gasteiger partial charge in [0.05, 0.1) is 12.1 Å². The molecule has 2 aromatic heterocycles. The number of hydrogen-bond acceptors (Lipinski definition) is 8. The van der Waals surface area contributed by atoms with Crippen molar-refractivity contribution in [1.82, 2.24) is 19.5 Å². The van der Waals surface area contributed by atoms with Crippen molar-refractivity contribution in [2.24, 2.45) is 0 Å². The molecule has 0 amide bonds. The van der Waals surface area contributed by atoms with E-state index in [4.69, 9.17) is 4.74 Å². The van der Waals surface area contributed by atoms with Crippen LogP contribution < -0.4 is 15.0 Å². The zero-order valence-electron chi connectivity index (χ0n) is 17.3. The molecular weight excluding hydrogens is 443 g/mol. The lowest BCUT2D eigenvalue weighted by Crippen LogP contribution is -2.34. The van der Waals surface area contributed by atoms with Gasteiger partial charge in [-0.25, -0.2) is 4.98 Å².